The second-order valence-electron chi connectivity index (χ2n) is 7.20. The second-order valence-corrected chi connectivity index (χ2v) is 8.95. The molecule has 0 atom stereocenters. The van der Waals surface area contributed by atoms with Crippen molar-refractivity contribution in [3.63, 3.8) is 0 Å². The van der Waals surface area contributed by atoms with Crippen molar-refractivity contribution < 1.29 is 17.9 Å². The molecule has 32 heavy (non-hydrogen) atoms. The predicted molar refractivity (Wildman–Crippen MR) is 119 cm³/mol. The van der Waals surface area contributed by atoms with Gasteiger partial charge in [-0.15, -0.1) is 0 Å². The number of aromatic amines is 1. The van der Waals surface area contributed by atoms with E-state index in [4.69, 9.17) is 4.74 Å². The number of ether oxygens (including phenoxy) is 1. The Balaban J connectivity index is 1.95. The smallest absolute Gasteiger partial charge is 0.340 e. The summed E-state index contributed by atoms with van der Waals surface area (Å²) in [6, 6.07) is 6.05. The molecule has 3 aromatic rings. The average molecular weight is 464 g/mol. The molecule has 0 spiro atoms. The van der Waals surface area contributed by atoms with Crippen LogP contribution in [-0.2, 0) is 34.5 Å². The number of aromatic nitrogens is 4. The van der Waals surface area contributed by atoms with Gasteiger partial charge in [-0.2, -0.15) is 0 Å². The van der Waals surface area contributed by atoms with E-state index < -0.39 is 27.2 Å². The summed E-state index contributed by atoms with van der Waals surface area (Å²) in [5.41, 5.74) is -0.510. The number of hydrogen-bond donors (Lipinski definition) is 2. The molecule has 0 radical (unpaired) electrons. The van der Waals surface area contributed by atoms with E-state index in [1.165, 1.54) is 16.7 Å². The second kappa shape index (κ2) is 9.39. The molecule has 0 aliphatic carbocycles. The number of rotatable bonds is 9. The number of aryl methyl sites for hydroxylation is 2. The van der Waals surface area contributed by atoms with Crippen LogP contribution < -0.4 is 16.0 Å². The highest BCUT2D eigenvalue weighted by Crippen LogP contribution is 2.19. The third-order valence-corrected chi connectivity index (χ3v) is 5.38. The zero-order valence-electron chi connectivity index (χ0n) is 18.0. The van der Waals surface area contributed by atoms with Gasteiger partial charge in [0.15, 0.2) is 11.2 Å². The van der Waals surface area contributed by atoms with Gasteiger partial charge in [-0.05, 0) is 25.5 Å². The van der Waals surface area contributed by atoms with E-state index in [1.54, 1.807) is 23.6 Å². The summed E-state index contributed by atoms with van der Waals surface area (Å²) in [4.78, 5) is 44.1. The monoisotopic (exact) mass is 463 g/mol. The fraction of sp³-hybridized carbons (Fsp3) is 0.400. The number of anilines is 1. The van der Waals surface area contributed by atoms with Crippen molar-refractivity contribution in [2.75, 3.05) is 11.0 Å². The summed E-state index contributed by atoms with van der Waals surface area (Å²) in [6.07, 6.45) is 2.57. The Kier molecular flexibility index (Phi) is 6.82. The minimum atomic E-state index is -3.59. The predicted octanol–water partition coefficient (Wildman–Crippen LogP) is 1.43. The Morgan fingerprint density at radius 3 is 2.56 bits per heavy atom. The van der Waals surface area contributed by atoms with Gasteiger partial charge >= 0.3 is 11.7 Å². The number of para-hydroxylation sites is 1. The van der Waals surface area contributed by atoms with Gasteiger partial charge in [0.1, 0.15) is 12.4 Å². The molecule has 0 unspecified atom stereocenters. The summed E-state index contributed by atoms with van der Waals surface area (Å²) in [5, 5.41) is 0. The number of benzene rings is 1. The SMILES string of the molecule is CCCCn1c(=O)[nH]c(=O)c2c1nc(COC(=O)c1ccccc1NS(C)(=O)=O)n2CC. The molecule has 0 fully saturated rings. The Morgan fingerprint density at radius 2 is 1.91 bits per heavy atom. The van der Waals surface area contributed by atoms with E-state index in [1.807, 2.05) is 6.92 Å². The summed E-state index contributed by atoms with van der Waals surface area (Å²) in [6.45, 7) is 4.28. The first kappa shape index (κ1) is 23.3. The number of nitrogens with one attached hydrogen (secondary N) is 2. The lowest BCUT2D eigenvalue weighted by atomic mass is 10.2. The van der Waals surface area contributed by atoms with Crippen LogP contribution in [0.5, 0.6) is 0 Å². The highest BCUT2D eigenvalue weighted by atomic mass is 32.2. The van der Waals surface area contributed by atoms with Gasteiger partial charge in [-0.25, -0.2) is 23.0 Å². The first-order valence-electron chi connectivity index (χ1n) is 10.1. The number of esters is 1. The molecule has 0 saturated carbocycles. The Hall–Kier alpha value is -3.41. The quantitative estimate of drug-likeness (QED) is 0.457. The van der Waals surface area contributed by atoms with E-state index in [-0.39, 0.29) is 29.0 Å². The maximum absolute atomic E-state index is 12.7. The van der Waals surface area contributed by atoms with E-state index in [9.17, 15) is 22.8 Å². The number of carbonyl (C=O) groups is 1. The first-order valence-corrected chi connectivity index (χ1v) is 12.0. The van der Waals surface area contributed by atoms with E-state index in [2.05, 4.69) is 14.7 Å². The molecule has 0 saturated heterocycles. The van der Waals surface area contributed by atoms with Gasteiger partial charge in [-0.1, -0.05) is 25.5 Å². The van der Waals surface area contributed by atoms with Crippen molar-refractivity contribution in [3.8, 4) is 0 Å². The van der Waals surface area contributed by atoms with Crippen LogP contribution in [-0.4, -0.2) is 39.7 Å². The molecule has 2 heterocycles. The van der Waals surface area contributed by atoms with Crippen molar-refractivity contribution in [2.24, 2.45) is 0 Å². The molecule has 1 aromatic carbocycles. The third kappa shape index (κ3) is 4.90. The van der Waals surface area contributed by atoms with Crippen LogP contribution in [0.1, 0.15) is 42.9 Å². The Morgan fingerprint density at radius 1 is 1.19 bits per heavy atom. The molecule has 0 bridgehead atoms. The number of nitrogens with zero attached hydrogens (tertiary/aromatic N) is 3. The highest BCUT2D eigenvalue weighted by molar-refractivity contribution is 7.92. The zero-order valence-corrected chi connectivity index (χ0v) is 18.9. The molecule has 11 nitrogen and oxygen atoms in total. The van der Waals surface area contributed by atoms with Gasteiger partial charge in [-0.3, -0.25) is 19.1 Å². The molecular weight excluding hydrogens is 438 g/mol. The topological polar surface area (TPSA) is 145 Å². The van der Waals surface area contributed by atoms with Crippen molar-refractivity contribution in [1.29, 1.82) is 0 Å². The fourth-order valence-electron chi connectivity index (χ4n) is 3.35. The van der Waals surface area contributed by atoms with Crippen LogP contribution in [0, 0.1) is 0 Å². The van der Waals surface area contributed by atoms with Crippen molar-refractivity contribution >= 4 is 32.8 Å². The van der Waals surface area contributed by atoms with Crippen molar-refractivity contribution in [3.05, 3.63) is 56.5 Å². The largest absolute Gasteiger partial charge is 0.454 e. The van der Waals surface area contributed by atoms with Gasteiger partial charge in [0.05, 0.1) is 17.5 Å². The highest BCUT2D eigenvalue weighted by Gasteiger charge is 2.20. The molecule has 2 aromatic heterocycles. The third-order valence-electron chi connectivity index (χ3n) is 4.79. The van der Waals surface area contributed by atoms with Gasteiger partial charge in [0.25, 0.3) is 5.56 Å². The molecule has 3 rings (SSSR count). The maximum Gasteiger partial charge on any atom is 0.340 e. The van der Waals surface area contributed by atoms with Gasteiger partial charge < -0.3 is 9.30 Å². The number of hydrogen-bond acceptors (Lipinski definition) is 7. The van der Waals surface area contributed by atoms with E-state index in [0.29, 0.717) is 18.9 Å². The summed E-state index contributed by atoms with van der Waals surface area (Å²) in [7, 11) is -3.59. The summed E-state index contributed by atoms with van der Waals surface area (Å²) in [5.74, 6) is -0.463. The number of unbranched alkanes of at least 4 members (excludes halogenated alkanes) is 1. The van der Waals surface area contributed by atoms with Gasteiger partial charge in [0.2, 0.25) is 10.0 Å². The maximum atomic E-state index is 12.7. The first-order chi connectivity index (χ1) is 15.2. The zero-order chi connectivity index (χ0) is 23.5. The minimum absolute atomic E-state index is 0.0368. The number of fused-ring (bicyclic) bond motifs is 1. The van der Waals surface area contributed by atoms with Crippen LogP contribution >= 0.6 is 0 Å². The van der Waals surface area contributed by atoms with Crippen LogP contribution in [0.3, 0.4) is 0 Å². The van der Waals surface area contributed by atoms with Crippen LogP contribution in [0.25, 0.3) is 11.2 Å². The van der Waals surface area contributed by atoms with Crippen LogP contribution in [0.4, 0.5) is 5.69 Å². The number of carbonyl (C=O) groups excluding carboxylic acids is 1. The molecule has 0 aliphatic rings. The molecule has 0 amide bonds. The van der Waals surface area contributed by atoms with E-state index >= 15 is 0 Å². The molecule has 0 aliphatic heterocycles. The fourth-order valence-corrected chi connectivity index (χ4v) is 3.93. The number of imidazole rings is 1. The summed E-state index contributed by atoms with van der Waals surface area (Å²) < 4.78 is 33.8. The Bertz CT molecular complexity index is 1370. The van der Waals surface area contributed by atoms with Crippen molar-refractivity contribution in [1.82, 2.24) is 19.1 Å². The van der Waals surface area contributed by atoms with Crippen molar-refractivity contribution in [2.45, 2.75) is 46.4 Å². The lowest BCUT2D eigenvalue weighted by molar-refractivity contribution is 0.0460. The lowest BCUT2D eigenvalue weighted by Crippen LogP contribution is -2.31. The van der Waals surface area contributed by atoms with E-state index in [0.717, 1.165) is 19.1 Å². The summed E-state index contributed by atoms with van der Waals surface area (Å²) >= 11 is 0. The Labute approximate surface area is 184 Å². The lowest BCUT2D eigenvalue weighted by Gasteiger charge is -2.11. The molecule has 12 heteroatoms. The van der Waals surface area contributed by atoms with Gasteiger partial charge in [0, 0.05) is 13.1 Å². The van der Waals surface area contributed by atoms with Crippen LogP contribution in [0.2, 0.25) is 0 Å². The van der Waals surface area contributed by atoms with Crippen LogP contribution in [0.15, 0.2) is 33.9 Å². The normalized spacial score (nSPS) is 11.6. The molecule has 172 valence electrons. The molecular formula is C20H25N5O6S. The number of sulfonamides is 1. The minimum Gasteiger partial charge on any atom is -0.454 e. The molecule has 2 N–H and O–H groups in total. The average Bonchev–Trinajstić information content (AvgIpc) is 3.10. The standard InChI is InChI=1S/C20H25N5O6S/c1-4-6-11-25-17-16(18(26)22-20(25)28)24(5-2)15(21-17)12-31-19(27)13-9-7-8-10-14(13)23-32(3,29)30/h7-10,23H,4-6,11-12H2,1-3H3,(H,22,26,28). The number of H-pyrrole nitrogens is 1.